The first-order valence-corrected chi connectivity index (χ1v) is 33.6. The molecule has 5 rings (SSSR count). The molecule has 0 aromatic carbocycles. The summed E-state index contributed by atoms with van der Waals surface area (Å²) >= 11 is 6.40. The number of hydrogen-bond acceptors (Lipinski definition) is 11. The Morgan fingerprint density at radius 2 is 1.16 bits per heavy atom. The number of carbonyl (C=O) groups excluding carboxylic acids is 11. The molecule has 22 nitrogen and oxygen atoms in total. The third kappa shape index (κ3) is 19.7. The second kappa shape index (κ2) is 33.4. The summed E-state index contributed by atoms with van der Waals surface area (Å²) in [5, 5.41) is 4.46. The van der Waals surface area contributed by atoms with E-state index in [9.17, 15) is 61.1 Å². The highest BCUT2D eigenvalue weighted by atomic mass is 35.5. The summed E-state index contributed by atoms with van der Waals surface area (Å²) in [5.74, 6) is -9.22. The summed E-state index contributed by atoms with van der Waals surface area (Å²) in [7, 11) is 11.6. The molecule has 4 aliphatic carbocycles. The Balaban J connectivity index is 1.55. The zero-order valence-corrected chi connectivity index (χ0v) is 57.5. The lowest BCUT2D eigenvalue weighted by atomic mass is 9.78. The zero-order valence-electron chi connectivity index (χ0n) is 56.7. The normalized spacial score (nSPS) is 29.8. The molecular formula is C65H107ClF3N11O11. The highest BCUT2D eigenvalue weighted by Crippen LogP contribution is 2.44. The van der Waals surface area contributed by atoms with Crippen molar-refractivity contribution in [2.75, 3.05) is 82.6 Å². The monoisotopic (exact) mass is 1310 g/mol. The molecule has 0 bridgehead atoms. The average molecular weight is 1310 g/mol. The third-order valence-electron chi connectivity index (χ3n) is 21.1. The Labute approximate surface area is 543 Å². The number of halogens is 4. The van der Waals surface area contributed by atoms with Crippen LogP contribution in [-0.2, 0) is 52.7 Å². The molecular weight excluding hydrogens is 1200 g/mol. The number of alkyl halides is 4. The van der Waals surface area contributed by atoms with E-state index < -0.39 is 162 Å². The van der Waals surface area contributed by atoms with Gasteiger partial charge in [-0.1, -0.05) is 78.1 Å². The van der Waals surface area contributed by atoms with Gasteiger partial charge in [0.15, 0.2) is 0 Å². The molecule has 2 N–H and O–H groups in total. The van der Waals surface area contributed by atoms with E-state index in [0.717, 1.165) is 67.6 Å². The Kier molecular flexibility index (Phi) is 27.9. The maximum absolute atomic E-state index is 15.4. The van der Waals surface area contributed by atoms with Gasteiger partial charge in [-0.3, -0.25) is 52.7 Å². The summed E-state index contributed by atoms with van der Waals surface area (Å²) in [5.41, 5.74) is -1.61. The molecule has 1 saturated heterocycles. The second-order valence-electron chi connectivity index (χ2n) is 27.8. The smallest absolute Gasteiger partial charge is 0.343 e. The predicted octanol–water partition coefficient (Wildman–Crippen LogP) is 5.66. The standard InChI is InChI=1S/C65H107ClF3N11O11/c1-15-40(2)56-61(89)74(9)37-53(83)72(7)38-54(84)77(12)50(35-43-23-18-16-19-24-43)60(88)73(8)36-51(81)70-49(32-30-44-29-31-47(48(66)34-44)65(67,68)69)59(87)80(46-27-20-17-21-28-46)39-55(85)79(14)64(5,6)63(91)78(13)57(45-25-22-26-45)62(90)75(10)41(3)33-52(82)76(11)42(4)58(86)71-56/h40-50,56-57H,15-39H2,1-14H3,(H,70,81)(H,71,86)/t40-,41+,42-,44?,47?,48?,49-,50-,56-,57-/m0/s1. The maximum atomic E-state index is 15.4. The van der Waals surface area contributed by atoms with Gasteiger partial charge in [-0.25, -0.2) is 0 Å². The molecule has 0 aromatic heterocycles. The predicted molar refractivity (Wildman–Crippen MR) is 338 cm³/mol. The fourth-order valence-corrected chi connectivity index (χ4v) is 14.2. The van der Waals surface area contributed by atoms with E-state index in [0.29, 0.717) is 32.1 Å². The van der Waals surface area contributed by atoms with Crippen molar-refractivity contribution < 1.29 is 65.9 Å². The fraction of sp³-hybridized carbons (Fsp3) is 0.831. The number of rotatable bonds is 9. The number of likely N-dealkylation sites (N-methyl/N-ethyl adjacent to an activating group) is 8. The van der Waals surface area contributed by atoms with E-state index in [-0.39, 0.29) is 62.7 Å². The minimum absolute atomic E-state index is 0.0130. The first-order chi connectivity index (χ1) is 42.5. The summed E-state index contributed by atoms with van der Waals surface area (Å²) in [4.78, 5) is 171. The van der Waals surface area contributed by atoms with Crippen LogP contribution in [0.15, 0.2) is 0 Å². The second-order valence-corrected chi connectivity index (χ2v) is 28.4. The van der Waals surface area contributed by atoms with Crippen molar-refractivity contribution in [1.82, 2.24) is 54.7 Å². The SMILES string of the molecule is CC[C@H](C)[C@@H]1NC(=O)[C@H](C)N(C)C(=O)C[C@@H](C)N(C)C(=O)[C@H](C2CCC2)N(C)C(=O)C(C)(C)N(C)C(=O)CN(C2CCCCC2)C(=O)[C@H](CCC2CCC(C(F)(F)F)C(Cl)C2)NC(=O)CN(C)C(=O)[C@H](CC2CCCCC2)N(C)C(=O)CN(C)C(=O)CN(C)C1=O. The lowest BCUT2D eigenvalue weighted by Crippen LogP contribution is -2.63. The van der Waals surface area contributed by atoms with Gasteiger partial charge >= 0.3 is 6.18 Å². The minimum atomic E-state index is -4.50. The molecule has 3 unspecified atom stereocenters. The molecule has 0 radical (unpaired) electrons. The van der Waals surface area contributed by atoms with E-state index in [4.69, 9.17) is 11.6 Å². The number of nitrogens with one attached hydrogen (secondary N) is 2. The quantitative estimate of drug-likeness (QED) is 0.267. The first-order valence-electron chi connectivity index (χ1n) is 33.2. The van der Waals surface area contributed by atoms with Crippen molar-refractivity contribution in [3.63, 3.8) is 0 Å². The van der Waals surface area contributed by atoms with Crippen LogP contribution in [-0.4, -0.2) is 251 Å². The average Bonchev–Trinajstić information content (AvgIpc) is 0.945. The molecule has 11 amide bonds. The van der Waals surface area contributed by atoms with Gasteiger partial charge in [0.05, 0.1) is 25.6 Å². The van der Waals surface area contributed by atoms with Crippen LogP contribution in [0.2, 0.25) is 0 Å². The molecule has 516 valence electrons. The molecule has 1 aliphatic heterocycles. The van der Waals surface area contributed by atoms with Gasteiger partial charge in [0, 0.05) is 80.3 Å². The molecule has 5 aliphatic rings. The Hall–Kier alpha value is -5.75. The highest BCUT2D eigenvalue weighted by molar-refractivity contribution is 6.20. The van der Waals surface area contributed by atoms with Crippen LogP contribution < -0.4 is 10.6 Å². The Morgan fingerprint density at radius 1 is 0.582 bits per heavy atom. The topological polar surface area (TPSA) is 241 Å². The molecule has 91 heavy (non-hydrogen) atoms. The fourth-order valence-electron chi connectivity index (χ4n) is 13.6. The van der Waals surface area contributed by atoms with Gasteiger partial charge in [0.1, 0.15) is 42.3 Å². The van der Waals surface area contributed by atoms with Crippen molar-refractivity contribution in [2.24, 2.45) is 29.6 Å². The molecule has 5 fully saturated rings. The first kappa shape index (κ1) is 76.0. The summed E-state index contributed by atoms with van der Waals surface area (Å²) < 4.78 is 41.9. The molecule has 0 spiro atoms. The lowest BCUT2D eigenvalue weighted by Gasteiger charge is -2.45. The number of hydrogen-bond donors (Lipinski definition) is 2. The van der Waals surface area contributed by atoms with Crippen molar-refractivity contribution in [3.05, 3.63) is 0 Å². The summed E-state index contributed by atoms with van der Waals surface area (Å²) in [6.45, 7) is 7.82. The number of nitrogens with zero attached hydrogens (tertiary/aromatic N) is 9. The summed E-state index contributed by atoms with van der Waals surface area (Å²) in [6, 6.07) is -6.85. The van der Waals surface area contributed by atoms with Gasteiger partial charge in [0.2, 0.25) is 65.0 Å². The van der Waals surface area contributed by atoms with Crippen LogP contribution in [0.5, 0.6) is 0 Å². The number of carbonyl (C=O) groups is 11. The van der Waals surface area contributed by atoms with Gasteiger partial charge < -0.3 is 54.7 Å². The molecule has 1 heterocycles. The van der Waals surface area contributed by atoms with Gasteiger partial charge in [-0.05, 0) is 116 Å². The minimum Gasteiger partial charge on any atom is -0.343 e. The molecule has 26 heteroatoms. The Bertz CT molecular complexity index is 2580. The van der Waals surface area contributed by atoms with E-state index in [2.05, 4.69) is 10.6 Å². The lowest BCUT2D eigenvalue weighted by molar-refractivity contribution is -0.182. The van der Waals surface area contributed by atoms with E-state index in [1.165, 1.54) is 90.6 Å². The molecule has 10 atom stereocenters. The van der Waals surface area contributed by atoms with Crippen LogP contribution in [0.25, 0.3) is 0 Å². The van der Waals surface area contributed by atoms with Crippen LogP contribution in [0.1, 0.15) is 176 Å². The van der Waals surface area contributed by atoms with Crippen molar-refractivity contribution in [3.8, 4) is 0 Å². The molecule has 0 aromatic rings. The van der Waals surface area contributed by atoms with Crippen molar-refractivity contribution in [2.45, 2.75) is 236 Å². The third-order valence-corrected chi connectivity index (χ3v) is 21.5. The maximum Gasteiger partial charge on any atom is 0.393 e. The Morgan fingerprint density at radius 3 is 1.73 bits per heavy atom. The van der Waals surface area contributed by atoms with Crippen LogP contribution in [0.3, 0.4) is 0 Å². The van der Waals surface area contributed by atoms with E-state index >= 15 is 4.79 Å². The van der Waals surface area contributed by atoms with Crippen LogP contribution >= 0.6 is 11.6 Å². The molecule has 4 saturated carbocycles. The van der Waals surface area contributed by atoms with E-state index in [1.807, 2.05) is 6.92 Å². The number of amides is 11. The summed E-state index contributed by atoms with van der Waals surface area (Å²) in [6.07, 6.45) is 5.97. The van der Waals surface area contributed by atoms with Crippen molar-refractivity contribution in [1.29, 1.82) is 0 Å². The highest BCUT2D eigenvalue weighted by Gasteiger charge is 2.49. The zero-order chi connectivity index (χ0) is 68.1. The van der Waals surface area contributed by atoms with E-state index in [1.54, 1.807) is 34.7 Å². The van der Waals surface area contributed by atoms with Gasteiger partial charge in [-0.2, -0.15) is 13.2 Å². The van der Waals surface area contributed by atoms with Crippen LogP contribution in [0, 0.1) is 29.6 Å². The van der Waals surface area contributed by atoms with Gasteiger partial charge in [-0.15, -0.1) is 11.6 Å². The van der Waals surface area contributed by atoms with Crippen LogP contribution in [0.4, 0.5) is 13.2 Å². The van der Waals surface area contributed by atoms with Crippen molar-refractivity contribution >= 4 is 76.6 Å². The van der Waals surface area contributed by atoms with Gasteiger partial charge in [0.25, 0.3) is 0 Å². The largest absolute Gasteiger partial charge is 0.393 e.